The highest BCUT2D eigenvalue weighted by Crippen LogP contribution is 2.22. The topological polar surface area (TPSA) is 105 Å². The zero-order valence-corrected chi connectivity index (χ0v) is 21.9. The van der Waals surface area contributed by atoms with Crippen LogP contribution in [0.3, 0.4) is 0 Å². The van der Waals surface area contributed by atoms with Crippen LogP contribution in [0.1, 0.15) is 66.6 Å². The molecule has 0 saturated carbocycles. The van der Waals surface area contributed by atoms with Crippen molar-refractivity contribution < 1.29 is 19.4 Å². The first kappa shape index (κ1) is 26.8. The second-order valence-corrected chi connectivity index (χ2v) is 10.0. The van der Waals surface area contributed by atoms with E-state index in [2.05, 4.69) is 60.2 Å². The Bertz CT molecular complexity index is 1220. The predicted octanol–water partition coefficient (Wildman–Crippen LogP) is 5.60. The average molecular weight is 493 g/mol. The lowest BCUT2D eigenvalue weighted by Crippen LogP contribution is -2.27. The molecule has 192 valence electrons. The van der Waals surface area contributed by atoms with Crippen molar-refractivity contribution in [2.24, 2.45) is 0 Å². The molecule has 8 nitrogen and oxygen atoms in total. The number of aromatic hydroxyl groups is 1. The summed E-state index contributed by atoms with van der Waals surface area (Å²) in [6.45, 7) is 12.0. The number of anilines is 1. The van der Waals surface area contributed by atoms with Gasteiger partial charge in [-0.3, -0.25) is 10.1 Å². The van der Waals surface area contributed by atoms with Crippen LogP contribution in [0.15, 0.2) is 42.5 Å². The number of hydrogen-bond donors (Lipinski definition) is 3. The third kappa shape index (κ3) is 7.34. The number of phenols is 1. The van der Waals surface area contributed by atoms with E-state index >= 15 is 0 Å². The SMILES string of the molecule is Cc1cc(CCCCNC(=O)c2cc(NC(=O)OC(C)(C)C)ccc2O)nc(-n2c(C)ccc2C)c1. The van der Waals surface area contributed by atoms with E-state index in [1.54, 1.807) is 20.8 Å². The zero-order valence-electron chi connectivity index (χ0n) is 21.9. The fourth-order valence-electron chi connectivity index (χ4n) is 3.94. The Morgan fingerprint density at radius 2 is 1.69 bits per heavy atom. The summed E-state index contributed by atoms with van der Waals surface area (Å²) in [5.74, 6) is 0.359. The van der Waals surface area contributed by atoms with Crippen LogP contribution in [0.4, 0.5) is 10.5 Å². The molecule has 3 aromatic rings. The number of ether oxygens (including phenoxy) is 1. The maximum absolute atomic E-state index is 12.6. The molecule has 0 fully saturated rings. The number of unbranched alkanes of at least 4 members (excludes halogenated alkanes) is 1. The second kappa shape index (κ2) is 11.3. The summed E-state index contributed by atoms with van der Waals surface area (Å²) in [4.78, 5) is 29.5. The summed E-state index contributed by atoms with van der Waals surface area (Å²) in [6.07, 6.45) is 1.78. The molecule has 0 aliphatic heterocycles. The van der Waals surface area contributed by atoms with E-state index < -0.39 is 17.6 Å². The number of pyridine rings is 1. The van der Waals surface area contributed by atoms with Gasteiger partial charge in [-0.25, -0.2) is 9.78 Å². The molecule has 1 aromatic carbocycles. The van der Waals surface area contributed by atoms with Gasteiger partial charge in [-0.15, -0.1) is 0 Å². The first-order valence-corrected chi connectivity index (χ1v) is 12.2. The predicted molar refractivity (Wildman–Crippen MR) is 141 cm³/mol. The van der Waals surface area contributed by atoms with Crippen molar-refractivity contribution in [3.8, 4) is 11.6 Å². The largest absolute Gasteiger partial charge is 0.507 e. The molecule has 3 rings (SSSR count). The molecule has 8 heteroatoms. The van der Waals surface area contributed by atoms with Crippen molar-refractivity contribution in [3.63, 3.8) is 0 Å². The quantitative estimate of drug-likeness (QED) is 0.280. The third-order valence-corrected chi connectivity index (χ3v) is 5.54. The number of aromatic nitrogens is 2. The number of carbonyl (C=O) groups is 2. The Morgan fingerprint density at radius 3 is 2.36 bits per heavy atom. The Kier molecular flexibility index (Phi) is 8.40. The average Bonchev–Trinajstić information content (AvgIpc) is 3.11. The number of rotatable bonds is 8. The lowest BCUT2D eigenvalue weighted by molar-refractivity contribution is 0.0635. The highest BCUT2D eigenvalue weighted by molar-refractivity contribution is 5.98. The monoisotopic (exact) mass is 492 g/mol. The molecule has 2 amide bonds. The van der Waals surface area contributed by atoms with Crippen LogP contribution in [0.5, 0.6) is 5.75 Å². The lowest BCUT2D eigenvalue weighted by atomic mass is 10.1. The number of benzene rings is 1. The minimum Gasteiger partial charge on any atom is -0.507 e. The molecular weight excluding hydrogens is 456 g/mol. The van der Waals surface area contributed by atoms with E-state index in [1.165, 1.54) is 18.2 Å². The van der Waals surface area contributed by atoms with Crippen LogP contribution >= 0.6 is 0 Å². The Balaban J connectivity index is 1.52. The van der Waals surface area contributed by atoms with Gasteiger partial charge in [0.25, 0.3) is 5.91 Å². The highest BCUT2D eigenvalue weighted by Gasteiger charge is 2.18. The summed E-state index contributed by atoms with van der Waals surface area (Å²) in [7, 11) is 0. The van der Waals surface area contributed by atoms with Gasteiger partial charge in [-0.2, -0.15) is 0 Å². The lowest BCUT2D eigenvalue weighted by Gasteiger charge is -2.19. The van der Waals surface area contributed by atoms with Gasteiger partial charge in [0, 0.05) is 29.3 Å². The first-order chi connectivity index (χ1) is 16.9. The fourth-order valence-corrected chi connectivity index (χ4v) is 3.94. The molecule has 3 N–H and O–H groups in total. The van der Waals surface area contributed by atoms with Gasteiger partial charge in [0.2, 0.25) is 0 Å². The molecular formula is C28H36N4O4. The van der Waals surface area contributed by atoms with Crippen LogP contribution in [-0.4, -0.2) is 38.8 Å². The minimum absolute atomic E-state index is 0.0889. The summed E-state index contributed by atoms with van der Waals surface area (Å²) in [5.41, 5.74) is 4.28. The number of carbonyl (C=O) groups excluding carboxylic acids is 2. The highest BCUT2D eigenvalue weighted by atomic mass is 16.6. The van der Waals surface area contributed by atoms with Crippen LogP contribution in [0.2, 0.25) is 0 Å². The molecule has 0 atom stereocenters. The van der Waals surface area contributed by atoms with Crippen molar-refractivity contribution in [2.45, 2.75) is 66.4 Å². The zero-order chi connectivity index (χ0) is 26.5. The number of hydrogen-bond acceptors (Lipinski definition) is 5. The molecule has 0 bridgehead atoms. The van der Waals surface area contributed by atoms with E-state index in [0.29, 0.717) is 12.2 Å². The van der Waals surface area contributed by atoms with Crippen molar-refractivity contribution in [1.29, 1.82) is 0 Å². The molecule has 0 aliphatic rings. The smallest absolute Gasteiger partial charge is 0.412 e. The van der Waals surface area contributed by atoms with Gasteiger partial charge in [0.05, 0.1) is 5.56 Å². The Labute approximate surface area is 212 Å². The van der Waals surface area contributed by atoms with Gasteiger partial charge in [0.1, 0.15) is 17.2 Å². The van der Waals surface area contributed by atoms with Crippen LogP contribution in [-0.2, 0) is 11.2 Å². The molecule has 0 radical (unpaired) electrons. The van der Waals surface area contributed by atoms with Crippen molar-refractivity contribution in [2.75, 3.05) is 11.9 Å². The molecule has 0 saturated heterocycles. The van der Waals surface area contributed by atoms with Gasteiger partial charge in [-0.1, -0.05) is 0 Å². The third-order valence-electron chi connectivity index (χ3n) is 5.54. The van der Waals surface area contributed by atoms with E-state index in [4.69, 9.17) is 9.72 Å². The fraction of sp³-hybridized carbons (Fsp3) is 0.393. The second-order valence-electron chi connectivity index (χ2n) is 10.0. The summed E-state index contributed by atoms with van der Waals surface area (Å²) < 4.78 is 7.38. The first-order valence-electron chi connectivity index (χ1n) is 12.2. The molecule has 36 heavy (non-hydrogen) atoms. The summed E-state index contributed by atoms with van der Waals surface area (Å²) in [5, 5.41) is 15.5. The summed E-state index contributed by atoms with van der Waals surface area (Å²) >= 11 is 0. The van der Waals surface area contributed by atoms with E-state index in [1.807, 2.05) is 0 Å². The van der Waals surface area contributed by atoms with Gasteiger partial charge in [-0.05, 0) is 109 Å². The molecule has 2 aromatic heterocycles. The van der Waals surface area contributed by atoms with E-state index in [0.717, 1.165) is 47.7 Å². The maximum Gasteiger partial charge on any atom is 0.412 e. The number of nitrogens with zero attached hydrogens (tertiary/aromatic N) is 2. The van der Waals surface area contributed by atoms with Gasteiger partial charge < -0.3 is 19.7 Å². The maximum atomic E-state index is 12.6. The Morgan fingerprint density at radius 1 is 1.00 bits per heavy atom. The van der Waals surface area contributed by atoms with Gasteiger partial charge >= 0.3 is 6.09 Å². The van der Waals surface area contributed by atoms with Crippen LogP contribution < -0.4 is 10.6 Å². The number of aryl methyl sites for hydroxylation is 4. The van der Waals surface area contributed by atoms with E-state index in [9.17, 15) is 14.7 Å². The number of nitrogens with one attached hydrogen (secondary N) is 2. The summed E-state index contributed by atoms with van der Waals surface area (Å²) in [6, 6.07) is 12.7. The van der Waals surface area contributed by atoms with Crippen molar-refractivity contribution in [3.05, 3.63) is 70.7 Å². The van der Waals surface area contributed by atoms with Gasteiger partial charge in [0.15, 0.2) is 0 Å². The minimum atomic E-state index is -0.642. The van der Waals surface area contributed by atoms with Crippen molar-refractivity contribution in [1.82, 2.24) is 14.9 Å². The van der Waals surface area contributed by atoms with Crippen molar-refractivity contribution >= 4 is 17.7 Å². The normalized spacial score (nSPS) is 11.3. The molecule has 0 spiro atoms. The van der Waals surface area contributed by atoms with Crippen LogP contribution in [0, 0.1) is 20.8 Å². The van der Waals surface area contributed by atoms with E-state index in [-0.39, 0.29) is 11.3 Å². The Hall–Kier alpha value is -3.81. The molecule has 2 heterocycles. The van der Waals surface area contributed by atoms with Crippen LogP contribution in [0.25, 0.3) is 5.82 Å². The standard InChI is InChI=1S/C28H36N4O4/c1-18-15-21(30-25(16-18)32-19(2)10-11-20(32)3)9-7-8-14-29-26(34)23-17-22(12-13-24(23)33)31-27(35)36-28(4,5)6/h10-13,15-17,33H,7-9,14H2,1-6H3,(H,29,34)(H,31,35). The number of phenolic OH excluding ortho intramolecular Hbond substituents is 1. The number of amides is 2. The molecule has 0 aliphatic carbocycles. The molecule has 0 unspecified atom stereocenters.